The van der Waals surface area contributed by atoms with Crippen LogP contribution in [0.3, 0.4) is 0 Å². The summed E-state index contributed by atoms with van der Waals surface area (Å²) in [6.07, 6.45) is -1.12. The Morgan fingerprint density at radius 3 is 2.41 bits per heavy atom. The van der Waals surface area contributed by atoms with Crippen LogP contribution in [-0.2, 0) is 14.3 Å². The van der Waals surface area contributed by atoms with Crippen molar-refractivity contribution in [2.45, 2.75) is 23.2 Å². The second kappa shape index (κ2) is 8.92. The van der Waals surface area contributed by atoms with Crippen LogP contribution < -0.4 is 4.90 Å². The lowest BCUT2D eigenvalue weighted by atomic mass is 10.1. The number of likely N-dealkylation sites (N-methyl/N-ethyl adjacent to an activating group) is 1. The van der Waals surface area contributed by atoms with Crippen molar-refractivity contribution in [1.29, 1.82) is 0 Å². The van der Waals surface area contributed by atoms with Crippen LogP contribution in [0, 0.1) is 11.6 Å². The van der Waals surface area contributed by atoms with Crippen molar-refractivity contribution in [3.8, 4) is 0 Å². The van der Waals surface area contributed by atoms with Gasteiger partial charge in [0.15, 0.2) is 6.10 Å². The number of thioether (sulfide) groups is 1. The van der Waals surface area contributed by atoms with Crippen LogP contribution in [0.15, 0.2) is 47.4 Å². The number of amides is 1. The Bertz CT molecular complexity index is 905. The Labute approximate surface area is 172 Å². The molecule has 29 heavy (non-hydrogen) atoms. The zero-order valence-corrected chi connectivity index (χ0v) is 17.2. The first-order valence-electron chi connectivity index (χ1n) is 9.11. The highest BCUT2D eigenvalue weighted by Gasteiger charge is 2.40. The molecule has 1 aliphatic heterocycles. The van der Waals surface area contributed by atoms with Crippen molar-refractivity contribution >= 4 is 29.3 Å². The molecule has 0 unspecified atom stereocenters. The molecule has 154 valence electrons. The number of hydrogen-bond acceptors (Lipinski definition) is 5. The van der Waals surface area contributed by atoms with Crippen LogP contribution in [0.2, 0.25) is 0 Å². The van der Waals surface area contributed by atoms with Crippen molar-refractivity contribution in [2.75, 3.05) is 32.1 Å². The van der Waals surface area contributed by atoms with Gasteiger partial charge in [0.1, 0.15) is 11.6 Å². The van der Waals surface area contributed by atoms with Gasteiger partial charge >= 0.3 is 5.97 Å². The standard InChI is InChI=1S/C21H22F2N2O3S/c1-13(26)28-19-20(14-4-6-15(22)7-5-14)29-18-12-16(23)8-9-17(18)25(21(19)27)11-10-24(2)3/h4-9,12,19-20H,10-11H2,1-3H3/t19-,20+/m1/s1. The number of carbonyl (C=O) groups excluding carboxylic acids is 2. The van der Waals surface area contributed by atoms with Crippen LogP contribution in [-0.4, -0.2) is 50.1 Å². The molecule has 0 bridgehead atoms. The van der Waals surface area contributed by atoms with E-state index in [-0.39, 0.29) is 0 Å². The molecule has 1 heterocycles. The number of anilines is 1. The molecule has 2 aromatic rings. The predicted molar refractivity (Wildman–Crippen MR) is 108 cm³/mol. The SMILES string of the molecule is CC(=O)O[C@H]1C(=O)N(CCN(C)C)c2ccc(F)cc2S[C@H]1c1ccc(F)cc1. The van der Waals surface area contributed by atoms with E-state index in [1.54, 1.807) is 18.2 Å². The topological polar surface area (TPSA) is 49.9 Å². The van der Waals surface area contributed by atoms with Gasteiger partial charge in [0, 0.05) is 24.9 Å². The summed E-state index contributed by atoms with van der Waals surface area (Å²) < 4.78 is 32.8. The molecule has 0 saturated heterocycles. The van der Waals surface area contributed by atoms with E-state index in [2.05, 4.69) is 0 Å². The lowest BCUT2D eigenvalue weighted by molar-refractivity contribution is -0.152. The molecular weight excluding hydrogens is 398 g/mol. The number of ether oxygens (including phenoxy) is 1. The number of fused-ring (bicyclic) bond motifs is 1. The van der Waals surface area contributed by atoms with Crippen LogP contribution >= 0.6 is 11.8 Å². The highest BCUT2D eigenvalue weighted by molar-refractivity contribution is 7.99. The summed E-state index contributed by atoms with van der Waals surface area (Å²) in [6.45, 7) is 2.15. The van der Waals surface area contributed by atoms with Gasteiger partial charge in [-0.15, -0.1) is 11.8 Å². The summed E-state index contributed by atoms with van der Waals surface area (Å²) in [5, 5.41) is -0.642. The van der Waals surface area contributed by atoms with E-state index in [0.29, 0.717) is 29.2 Å². The van der Waals surface area contributed by atoms with Crippen LogP contribution in [0.5, 0.6) is 0 Å². The lowest BCUT2D eigenvalue weighted by Gasteiger charge is -2.28. The van der Waals surface area contributed by atoms with Gasteiger partial charge in [0.2, 0.25) is 0 Å². The second-order valence-electron chi connectivity index (χ2n) is 7.03. The maximum Gasteiger partial charge on any atom is 0.303 e. The minimum atomic E-state index is -1.12. The van der Waals surface area contributed by atoms with Crippen molar-refractivity contribution in [3.63, 3.8) is 0 Å². The predicted octanol–water partition coefficient (Wildman–Crippen LogP) is 3.64. The van der Waals surface area contributed by atoms with Crippen LogP contribution in [0.4, 0.5) is 14.5 Å². The molecule has 5 nitrogen and oxygen atoms in total. The smallest absolute Gasteiger partial charge is 0.303 e. The lowest BCUT2D eigenvalue weighted by Crippen LogP contribution is -2.45. The summed E-state index contributed by atoms with van der Waals surface area (Å²) in [5.41, 5.74) is 1.17. The van der Waals surface area contributed by atoms with E-state index >= 15 is 0 Å². The number of esters is 1. The van der Waals surface area contributed by atoms with Gasteiger partial charge in [-0.05, 0) is 50.0 Å². The van der Waals surface area contributed by atoms with E-state index in [4.69, 9.17) is 4.74 Å². The Morgan fingerprint density at radius 2 is 1.79 bits per heavy atom. The second-order valence-corrected chi connectivity index (χ2v) is 8.21. The Balaban J connectivity index is 2.10. The fourth-order valence-electron chi connectivity index (χ4n) is 3.12. The van der Waals surface area contributed by atoms with Gasteiger partial charge in [0.05, 0.1) is 10.9 Å². The molecule has 0 saturated carbocycles. The molecule has 0 spiro atoms. The number of halogens is 2. The largest absolute Gasteiger partial charge is 0.451 e. The zero-order valence-electron chi connectivity index (χ0n) is 16.4. The quantitative estimate of drug-likeness (QED) is 0.692. The number of nitrogens with zero attached hydrogens (tertiary/aromatic N) is 2. The fourth-order valence-corrected chi connectivity index (χ4v) is 4.46. The maximum absolute atomic E-state index is 14.0. The highest BCUT2D eigenvalue weighted by Crippen LogP contribution is 2.47. The van der Waals surface area contributed by atoms with E-state index in [1.165, 1.54) is 47.9 Å². The van der Waals surface area contributed by atoms with Gasteiger partial charge in [0.25, 0.3) is 5.91 Å². The van der Waals surface area contributed by atoms with Gasteiger partial charge in [-0.25, -0.2) is 8.78 Å². The average Bonchev–Trinajstić information content (AvgIpc) is 2.76. The minimum absolute atomic E-state index is 0.346. The third kappa shape index (κ3) is 4.94. The Morgan fingerprint density at radius 1 is 1.14 bits per heavy atom. The van der Waals surface area contributed by atoms with Crippen molar-refractivity contribution < 1.29 is 23.1 Å². The average molecular weight is 420 g/mol. The van der Waals surface area contributed by atoms with Crippen LogP contribution in [0.1, 0.15) is 17.7 Å². The van der Waals surface area contributed by atoms with Crippen LogP contribution in [0.25, 0.3) is 0 Å². The molecule has 0 radical (unpaired) electrons. The summed E-state index contributed by atoms with van der Waals surface area (Å²) in [6, 6.07) is 9.88. The normalized spacial score (nSPS) is 19.1. The van der Waals surface area contributed by atoms with E-state index in [0.717, 1.165) is 0 Å². The zero-order chi connectivity index (χ0) is 21.1. The molecule has 0 fully saturated rings. The molecule has 0 aromatic heterocycles. The first-order valence-corrected chi connectivity index (χ1v) is 9.99. The summed E-state index contributed by atoms with van der Waals surface area (Å²) >= 11 is 1.23. The highest BCUT2D eigenvalue weighted by atomic mass is 32.2. The Kier molecular flexibility index (Phi) is 6.54. The molecule has 0 aliphatic carbocycles. The van der Waals surface area contributed by atoms with E-state index in [9.17, 15) is 18.4 Å². The first-order chi connectivity index (χ1) is 13.8. The maximum atomic E-state index is 14.0. The summed E-state index contributed by atoms with van der Waals surface area (Å²) in [7, 11) is 3.76. The number of hydrogen-bond donors (Lipinski definition) is 0. The van der Waals surface area contributed by atoms with E-state index < -0.39 is 34.9 Å². The summed E-state index contributed by atoms with van der Waals surface area (Å²) in [5.74, 6) is -1.84. The molecule has 0 N–H and O–H groups in total. The number of benzene rings is 2. The fraction of sp³-hybridized carbons (Fsp3) is 0.333. The molecule has 2 atom stereocenters. The molecule has 8 heteroatoms. The van der Waals surface area contributed by atoms with Gasteiger partial charge in [-0.2, -0.15) is 0 Å². The number of carbonyl (C=O) groups is 2. The molecular formula is C21H22F2N2O3S. The van der Waals surface area contributed by atoms with Crippen molar-refractivity contribution in [1.82, 2.24) is 4.90 Å². The third-order valence-electron chi connectivity index (χ3n) is 4.51. The van der Waals surface area contributed by atoms with Gasteiger partial charge in [-0.1, -0.05) is 12.1 Å². The first kappa shape index (κ1) is 21.3. The monoisotopic (exact) mass is 420 g/mol. The molecule has 1 amide bonds. The molecule has 2 aromatic carbocycles. The van der Waals surface area contributed by atoms with Gasteiger partial charge < -0.3 is 14.5 Å². The third-order valence-corrected chi connectivity index (χ3v) is 5.87. The molecule has 3 rings (SSSR count). The molecule has 1 aliphatic rings. The van der Waals surface area contributed by atoms with Gasteiger partial charge in [-0.3, -0.25) is 9.59 Å². The van der Waals surface area contributed by atoms with Crippen molar-refractivity contribution in [3.05, 3.63) is 59.7 Å². The minimum Gasteiger partial charge on any atom is -0.451 e. The number of rotatable bonds is 5. The Hall–Kier alpha value is -2.45. The summed E-state index contributed by atoms with van der Waals surface area (Å²) in [4.78, 5) is 29.2. The van der Waals surface area contributed by atoms with Crippen molar-refractivity contribution in [2.24, 2.45) is 0 Å². The van der Waals surface area contributed by atoms with E-state index in [1.807, 2.05) is 19.0 Å².